The standard InChI is InChI=1S/C17H24N2O3/c1-10-8-13-12(6-7-14(21)16(13)19-10)15(22-11(2)20)9-18-17(3,4)5/h6-8,15,18-19,21H,9H2,1-5H3. The molecule has 3 N–H and O–H groups in total. The van der Waals surface area contributed by atoms with Gasteiger partial charge in [0.2, 0.25) is 0 Å². The van der Waals surface area contributed by atoms with E-state index in [2.05, 4.69) is 31.1 Å². The number of carbonyl (C=O) groups is 1. The van der Waals surface area contributed by atoms with Gasteiger partial charge in [-0.15, -0.1) is 0 Å². The second kappa shape index (κ2) is 6.01. The Balaban J connectivity index is 2.42. The van der Waals surface area contributed by atoms with Crippen LogP contribution in [0.5, 0.6) is 5.75 Å². The quantitative estimate of drug-likeness (QED) is 0.758. The summed E-state index contributed by atoms with van der Waals surface area (Å²) in [5, 5.41) is 14.2. The summed E-state index contributed by atoms with van der Waals surface area (Å²) in [6, 6.07) is 5.39. The molecular formula is C17H24N2O3. The highest BCUT2D eigenvalue weighted by Crippen LogP contribution is 2.32. The van der Waals surface area contributed by atoms with Gasteiger partial charge in [-0.1, -0.05) is 6.07 Å². The molecule has 1 aromatic carbocycles. The number of ether oxygens (including phenoxy) is 1. The largest absolute Gasteiger partial charge is 0.506 e. The van der Waals surface area contributed by atoms with Crippen molar-refractivity contribution in [2.24, 2.45) is 0 Å². The molecule has 1 aromatic heterocycles. The van der Waals surface area contributed by atoms with Crippen LogP contribution in [0.25, 0.3) is 10.9 Å². The summed E-state index contributed by atoms with van der Waals surface area (Å²) < 4.78 is 5.49. The minimum atomic E-state index is -0.407. The fourth-order valence-electron chi connectivity index (χ4n) is 2.46. The Morgan fingerprint density at radius 3 is 2.68 bits per heavy atom. The Hall–Kier alpha value is -2.01. The van der Waals surface area contributed by atoms with Gasteiger partial charge in [-0.25, -0.2) is 0 Å². The number of aromatic hydroxyl groups is 1. The van der Waals surface area contributed by atoms with Gasteiger partial charge in [-0.3, -0.25) is 4.79 Å². The number of fused-ring (bicyclic) bond motifs is 1. The molecule has 1 heterocycles. The fraction of sp³-hybridized carbons (Fsp3) is 0.471. The number of rotatable bonds is 4. The summed E-state index contributed by atoms with van der Waals surface area (Å²) in [5.41, 5.74) is 2.41. The Kier molecular flexibility index (Phi) is 4.47. The average molecular weight is 304 g/mol. The smallest absolute Gasteiger partial charge is 0.303 e. The molecular weight excluding hydrogens is 280 g/mol. The maximum atomic E-state index is 11.5. The minimum absolute atomic E-state index is 0.0809. The summed E-state index contributed by atoms with van der Waals surface area (Å²) in [4.78, 5) is 14.6. The Labute approximate surface area is 130 Å². The van der Waals surface area contributed by atoms with Crippen molar-refractivity contribution in [2.75, 3.05) is 6.54 Å². The first-order valence-electron chi connectivity index (χ1n) is 7.41. The molecule has 5 heteroatoms. The molecule has 120 valence electrons. The van der Waals surface area contributed by atoms with Gasteiger partial charge in [0, 0.05) is 35.7 Å². The molecule has 0 fully saturated rings. The Bertz CT molecular complexity index is 683. The van der Waals surface area contributed by atoms with Crippen LogP contribution < -0.4 is 5.32 Å². The number of nitrogens with one attached hydrogen (secondary N) is 2. The van der Waals surface area contributed by atoms with Crippen LogP contribution in [-0.2, 0) is 9.53 Å². The zero-order chi connectivity index (χ0) is 16.5. The first kappa shape index (κ1) is 16.4. The van der Waals surface area contributed by atoms with Crippen LogP contribution >= 0.6 is 0 Å². The van der Waals surface area contributed by atoms with Crippen molar-refractivity contribution < 1.29 is 14.6 Å². The molecule has 0 radical (unpaired) electrons. The van der Waals surface area contributed by atoms with Crippen LogP contribution in [0.3, 0.4) is 0 Å². The maximum absolute atomic E-state index is 11.5. The van der Waals surface area contributed by atoms with Crippen LogP contribution in [0, 0.1) is 6.92 Å². The number of benzene rings is 1. The fourth-order valence-corrected chi connectivity index (χ4v) is 2.46. The van der Waals surface area contributed by atoms with Crippen molar-refractivity contribution in [3.8, 4) is 5.75 Å². The van der Waals surface area contributed by atoms with Gasteiger partial charge in [0.05, 0.1) is 5.52 Å². The van der Waals surface area contributed by atoms with Crippen molar-refractivity contribution >= 4 is 16.9 Å². The van der Waals surface area contributed by atoms with Gasteiger partial charge in [-0.05, 0) is 39.8 Å². The molecule has 0 aliphatic carbocycles. The highest BCUT2D eigenvalue weighted by molar-refractivity contribution is 5.89. The normalized spacial score (nSPS) is 13.3. The average Bonchev–Trinajstić information content (AvgIpc) is 2.76. The van der Waals surface area contributed by atoms with Crippen molar-refractivity contribution in [1.82, 2.24) is 10.3 Å². The lowest BCUT2D eigenvalue weighted by molar-refractivity contribution is -0.146. The minimum Gasteiger partial charge on any atom is -0.506 e. The lowest BCUT2D eigenvalue weighted by Gasteiger charge is -2.25. The number of aromatic amines is 1. The Morgan fingerprint density at radius 2 is 2.09 bits per heavy atom. The van der Waals surface area contributed by atoms with Gasteiger partial charge in [0.25, 0.3) is 0 Å². The summed E-state index contributed by atoms with van der Waals surface area (Å²) >= 11 is 0. The number of hydrogen-bond donors (Lipinski definition) is 3. The third-order valence-corrected chi connectivity index (χ3v) is 3.41. The zero-order valence-corrected chi connectivity index (χ0v) is 13.8. The van der Waals surface area contributed by atoms with Crippen LogP contribution in [0.2, 0.25) is 0 Å². The van der Waals surface area contributed by atoms with Crippen molar-refractivity contribution in [2.45, 2.75) is 46.3 Å². The Morgan fingerprint density at radius 1 is 1.41 bits per heavy atom. The van der Waals surface area contributed by atoms with E-state index < -0.39 is 6.10 Å². The molecule has 2 rings (SSSR count). The molecule has 1 unspecified atom stereocenters. The van der Waals surface area contributed by atoms with Gasteiger partial charge in [0.1, 0.15) is 11.9 Å². The highest BCUT2D eigenvalue weighted by atomic mass is 16.5. The molecule has 2 aromatic rings. The molecule has 0 saturated heterocycles. The third kappa shape index (κ3) is 3.80. The second-order valence-corrected chi connectivity index (χ2v) is 6.64. The molecule has 0 spiro atoms. The predicted molar refractivity (Wildman–Crippen MR) is 87.0 cm³/mol. The first-order valence-corrected chi connectivity index (χ1v) is 7.41. The number of carbonyl (C=O) groups excluding carboxylic acids is 1. The van der Waals surface area contributed by atoms with Gasteiger partial charge in [0.15, 0.2) is 0 Å². The number of aryl methyl sites for hydroxylation is 1. The monoisotopic (exact) mass is 304 g/mol. The molecule has 0 saturated carbocycles. The van der Waals surface area contributed by atoms with E-state index in [0.717, 1.165) is 16.6 Å². The van der Waals surface area contributed by atoms with E-state index in [1.54, 1.807) is 6.07 Å². The lowest BCUT2D eigenvalue weighted by Crippen LogP contribution is -2.39. The number of H-pyrrole nitrogens is 1. The summed E-state index contributed by atoms with van der Waals surface area (Å²) in [6.45, 7) is 10.0. The van der Waals surface area contributed by atoms with Crippen LogP contribution in [0.4, 0.5) is 0 Å². The number of esters is 1. The van der Waals surface area contributed by atoms with E-state index in [-0.39, 0.29) is 17.3 Å². The molecule has 1 atom stereocenters. The molecule has 0 bridgehead atoms. The predicted octanol–water partition coefficient (Wildman–Crippen LogP) is 3.17. The summed E-state index contributed by atoms with van der Waals surface area (Å²) in [7, 11) is 0. The van der Waals surface area contributed by atoms with Crippen molar-refractivity contribution in [1.29, 1.82) is 0 Å². The third-order valence-electron chi connectivity index (χ3n) is 3.41. The van der Waals surface area contributed by atoms with Crippen LogP contribution in [-0.4, -0.2) is 28.1 Å². The van der Waals surface area contributed by atoms with E-state index in [1.807, 2.05) is 19.1 Å². The lowest BCUT2D eigenvalue weighted by atomic mass is 10.0. The van der Waals surface area contributed by atoms with E-state index in [1.165, 1.54) is 6.92 Å². The molecule has 0 aliphatic rings. The maximum Gasteiger partial charge on any atom is 0.303 e. The van der Waals surface area contributed by atoms with E-state index in [4.69, 9.17) is 4.74 Å². The first-order chi connectivity index (χ1) is 10.2. The van der Waals surface area contributed by atoms with Crippen LogP contribution in [0.1, 0.15) is 45.1 Å². The van der Waals surface area contributed by atoms with E-state index in [0.29, 0.717) is 12.1 Å². The summed E-state index contributed by atoms with van der Waals surface area (Å²) in [5.74, 6) is -0.133. The van der Waals surface area contributed by atoms with Crippen molar-refractivity contribution in [3.05, 3.63) is 29.5 Å². The van der Waals surface area contributed by atoms with E-state index >= 15 is 0 Å². The zero-order valence-electron chi connectivity index (χ0n) is 13.8. The molecule has 5 nitrogen and oxygen atoms in total. The number of hydrogen-bond acceptors (Lipinski definition) is 4. The SMILES string of the molecule is CC(=O)OC(CNC(C)(C)C)c1ccc(O)c2[nH]c(C)cc12. The van der Waals surface area contributed by atoms with Crippen LogP contribution in [0.15, 0.2) is 18.2 Å². The number of aromatic nitrogens is 1. The van der Waals surface area contributed by atoms with E-state index in [9.17, 15) is 9.90 Å². The highest BCUT2D eigenvalue weighted by Gasteiger charge is 2.22. The van der Waals surface area contributed by atoms with Gasteiger partial charge in [-0.2, -0.15) is 0 Å². The summed E-state index contributed by atoms with van der Waals surface area (Å²) in [6.07, 6.45) is -0.407. The van der Waals surface area contributed by atoms with Gasteiger partial charge < -0.3 is 20.1 Å². The molecule has 22 heavy (non-hydrogen) atoms. The van der Waals surface area contributed by atoms with Crippen molar-refractivity contribution in [3.63, 3.8) is 0 Å². The number of phenolic OH excluding ortho intramolecular Hbond substituents is 1. The van der Waals surface area contributed by atoms with Gasteiger partial charge >= 0.3 is 5.97 Å². The topological polar surface area (TPSA) is 74.3 Å². The molecule has 0 amide bonds. The molecule has 0 aliphatic heterocycles. The number of phenols is 1. The second-order valence-electron chi connectivity index (χ2n) is 6.64.